The van der Waals surface area contributed by atoms with Crippen LogP contribution in [0.4, 0.5) is 0 Å². The van der Waals surface area contributed by atoms with Crippen molar-refractivity contribution in [1.82, 2.24) is 9.80 Å². The molecule has 1 saturated heterocycles. The summed E-state index contributed by atoms with van der Waals surface area (Å²) in [5, 5.41) is 0. The fraction of sp³-hybridized carbons (Fsp3) is 0.632. The Balaban J connectivity index is 1.82. The van der Waals surface area contributed by atoms with Gasteiger partial charge < -0.3 is 10.6 Å². The van der Waals surface area contributed by atoms with Crippen LogP contribution in [-0.2, 0) is 11.3 Å². The third-order valence-electron chi connectivity index (χ3n) is 4.71. The Morgan fingerprint density at radius 3 is 2.74 bits per heavy atom. The fourth-order valence-corrected chi connectivity index (χ4v) is 3.40. The first-order valence-corrected chi connectivity index (χ1v) is 8.94. The molecule has 0 spiro atoms. The van der Waals surface area contributed by atoms with E-state index in [1.165, 1.54) is 12.0 Å². The molecule has 1 amide bonds. The van der Waals surface area contributed by atoms with Crippen LogP contribution in [0.15, 0.2) is 30.3 Å². The van der Waals surface area contributed by atoms with Crippen molar-refractivity contribution < 1.29 is 4.79 Å². The van der Waals surface area contributed by atoms with Gasteiger partial charge >= 0.3 is 0 Å². The Bertz CT molecular complexity index is 477. The summed E-state index contributed by atoms with van der Waals surface area (Å²) in [6.45, 7) is 8.92. The predicted octanol–water partition coefficient (Wildman–Crippen LogP) is 2.48. The standard InChI is InChI=1S/C19H31N3O/c1-3-8-18(20)19(23)22(4-2)15-17-11-12-21(14-17)13-16-9-6-5-7-10-16/h5-7,9-10,17-18H,3-4,8,11-15,20H2,1-2H3. The Morgan fingerprint density at radius 1 is 1.35 bits per heavy atom. The van der Waals surface area contributed by atoms with E-state index in [4.69, 9.17) is 5.73 Å². The SMILES string of the molecule is CCCC(N)C(=O)N(CC)CC1CCN(Cc2ccccc2)C1. The van der Waals surface area contributed by atoms with Crippen molar-refractivity contribution in [3.8, 4) is 0 Å². The molecule has 2 rings (SSSR count). The Kier molecular flexibility index (Phi) is 7.06. The van der Waals surface area contributed by atoms with Gasteiger partial charge in [-0.1, -0.05) is 43.7 Å². The van der Waals surface area contributed by atoms with Crippen molar-refractivity contribution in [3.63, 3.8) is 0 Å². The summed E-state index contributed by atoms with van der Waals surface area (Å²) in [7, 11) is 0. The zero-order valence-electron chi connectivity index (χ0n) is 14.6. The van der Waals surface area contributed by atoms with E-state index in [9.17, 15) is 4.79 Å². The Morgan fingerprint density at radius 2 is 2.09 bits per heavy atom. The van der Waals surface area contributed by atoms with Gasteiger partial charge in [0.1, 0.15) is 0 Å². The van der Waals surface area contributed by atoms with Gasteiger partial charge in [-0.3, -0.25) is 9.69 Å². The summed E-state index contributed by atoms with van der Waals surface area (Å²) in [5.41, 5.74) is 7.37. The van der Waals surface area contributed by atoms with Gasteiger partial charge in [-0.25, -0.2) is 0 Å². The van der Waals surface area contributed by atoms with E-state index in [-0.39, 0.29) is 11.9 Å². The first-order valence-electron chi connectivity index (χ1n) is 8.94. The molecule has 1 heterocycles. The number of carbonyl (C=O) groups is 1. The minimum atomic E-state index is -0.332. The molecule has 2 atom stereocenters. The molecular weight excluding hydrogens is 286 g/mol. The molecule has 0 aliphatic carbocycles. The number of likely N-dealkylation sites (tertiary alicyclic amines) is 1. The average Bonchev–Trinajstić information content (AvgIpc) is 3.00. The van der Waals surface area contributed by atoms with Crippen LogP contribution in [-0.4, -0.2) is 47.9 Å². The van der Waals surface area contributed by atoms with E-state index in [0.29, 0.717) is 5.92 Å². The number of hydrogen-bond donors (Lipinski definition) is 1. The van der Waals surface area contributed by atoms with Gasteiger partial charge in [-0.2, -0.15) is 0 Å². The molecular formula is C19H31N3O. The summed E-state index contributed by atoms with van der Waals surface area (Å²) in [4.78, 5) is 16.9. The maximum atomic E-state index is 12.4. The highest BCUT2D eigenvalue weighted by Gasteiger charge is 2.27. The molecule has 1 aliphatic rings. The second kappa shape index (κ2) is 9.04. The zero-order valence-corrected chi connectivity index (χ0v) is 14.6. The second-order valence-electron chi connectivity index (χ2n) is 6.65. The van der Waals surface area contributed by atoms with Gasteiger partial charge in [-0.15, -0.1) is 0 Å². The third-order valence-corrected chi connectivity index (χ3v) is 4.71. The molecule has 0 radical (unpaired) electrons. The molecule has 1 aliphatic heterocycles. The summed E-state index contributed by atoms with van der Waals surface area (Å²) < 4.78 is 0. The van der Waals surface area contributed by atoms with E-state index in [2.05, 4.69) is 42.2 Å². The van der Waals surface area contributed by atoms with Gasteiger partial charge in [-0.05, 0) is 37.8 Å². The number of rotatable bonds is 8. The lowest BCUT2D eigenvalue weighted by Crippen LogP contribution is -2.45. The smallest absolute Gasteiger partial charge is 0.239 e. The number of hydrogen-bond acceptors (Lipinski definition) is 3. The molecule has 1 aromatic carbocycles. The zero-order chi connectivity index (χ0) is 16.7. The lowest BCUT2D eigenvalue weighted by Gasteiger charge is -2.27. The fourth-order valence-electron chi connectivity index (χ4n) is 3.40. The van der Waals surface area contributed by atoms with Gasteiger partial charge in [0.2, 0.25) is 5.91 Å². The van der Waals surface area contributed by atoms with E-state index in [1.54, 1.807) is 0 Å². The highest BCUT2D eigenvalue weighted by molar-refractivity contribution is 5.81. The van der Waals surface area contributed by atoms with Crippen LogP contribution in [0.2, 0.25) is 0 Å². The van der Waals surface area contributed by atoms with Crippen LogP contribution in [0.25, 0.3) is 0 Å². The largest absolute Gasteiger partial charge is 0.341 e. The molecule has 0 aromatic heterocycles. The van der Waals surface area contributed by atoms with Crippen molar-refractivity contribution >= 4 is 5.91 Å². The lowest BCUT2D eigenvalue weighted by molar-refractivity contribution is -0.133. The summed E-state index contributed by atoms with van der Waals surface area (Å²) in [6, 6.07) is 10.3. The van der Waals surface area contributed by atoms with E-state index < -0.39 is 0 Å². The number of amides is 1. The molecule has 1 aromatic rings. The van der Waals surface area contributed by atoms with Gasteiger partial charge in [0.05, 0.1) is 6.04 Å². The van der Waals surface area contributed by atoms with Crippen molar-refractivity contribution in [2.45, 2.75) is 45.7 Å². The van der Waals surface area contributed by atoms with E-state index in [0.717, 1.165) is 45.6 Å². The first kappa shape index (κ1) is 18.0. The highest BCUT2D eigenvalue weighted by Crippen LogP contribution is 2.20. The number of carbonyl (C=O) groups excluding carboxylic acids is 1. The number of likely N-dealkylation sites (N-methyl/N-ethyl adjacent to an activating group) is 1. The minimum Gasteiger partial charge on any atom is -0.341 e. The number of nitrogens with zero attached hydrogens (tertiary/aromatic N) is 2. The predicted molar refractivity (Wildman–Crippen MR) is 95.0 cm³/mol. The molecule has 128 valence electrons. The van der Waals surface area contributed by atoms with E-state index >= 15 is 0 Å². The van der Waals surface area contributed by atoms with Gasteiger partial charge in [0, 0.05) is 26.2 Å². The summed E-state index contributed by atoms with van der Waals surface area (Å²) in [5.74, 6) is 0.687. The van der Waals surface area contributed by atoms with Gasteiger partial charge in [0.15, 0.2) is 0 Å². The molecule has 4 heteroatoms. The number of nitrogens with two attached hydrogens (primary N) is 1. The molecule has 1 fully saturated rings. The normalized spacial score (nSPS) is 19.7. The van der Waals surface area contributed by atoms with Crippen LogP contribution >= 0.6 is 0 Å². The summed E-state index contributed by atoms with van der Waals surface area (Å²) in [6.07, 6.45) is 2.90. The maximum Gasteiger partial charge on any atom is 0.239 e. The number of benzene rings is 1. The van der Waals surface area contributed by atoms with Crippen LogP contribution in [0.1, 0.15) is 38.7 Å². The van der Waals surface area contributed by atoms with Crippen molar-refractivity contribution in [3.05, 3.63) is 35.9 Å². The molecule has 0 saturated carbocycles. The lowest BCUT2D eigenvalue weighted by atomic mass is 10.1. The monoisotopic (exact) mass is 317 g/mol. The van der Waals surface area contributed by atoms with Crippen molar-refractivity contribution in [2.75, 3.05) is 26.2 Å². The molecule has 4 nitrogen and oxygen atoms in total. The molecule has 2 unspecified atom stereocenters. The van der Waals surface area contributed by atoms with Crippen LogP contribution in [0, 0.1) is 5.92 Å². The first-order chi connectivity index (χ1) is 11.1. The van der Waals surface area contributed by atoms with E-state index in [1.807, 2.05) is 11.8 Å². The topological polar surface area (TPSA) is 49.6 Å². The highest BCUT2D eigenvalue weighted by atomic mass is 16.2. The molecule has 0 bridgehead atoms. The van der Waals surface area contributed by atoms with Crippen LogP contribution in [0.3, 0.4) is 0 Å². The van der Waals surface area contributed by atoms with Crippen LogP contribution in [0.5, 0.6) is 0 Å². The average molecular weight is 317 g/mol. The van der Waals surface area contributed by atoms with Crippen LogP contribution < -0.4 is 5.73 Å². The summed E-state index contributed by atoms with van der Waals surface area (Å²) >= 11 is 0. The van der Waals surface area contributed by atoms with Crippen molar-refractivity contribution in [1.29, 1.82) is 0 Å². The quantitative estimate of drug-likeness (QED) is 0.801. The molecule has 23 heavy (non-hydrogen) atoms. The minimum absolute atomic E-state index is 0.121. The maximum absolute atomic E-state index is 12.4. The van der Waals surface area contributed by atoms with Gasteiger partial charge in [0.25, 0.3) is 0 Å². The Labute approximate surface area is 140 Å². The second-order valence-corrected chi connectivity index (χ2v) is 6.65. The van der Waals surface area contributed by atoms with Crippen molar-refractivity contribution in [2.24, 2.45) is 11.7 Å². The molecule has 2 N–H and O–H groups in total. The third kappa shape index (κ3) is 5.33. The Hall–Kier alpha value is -1.39.